The molecule has 140 valence electrons. The number of ether oxygens (including phenoxy) is 1. The largest absolute Gasteiger partial charge is 0.507 e. The van der Waals surface area contributed by atoms with E-state index in [-0.39, 0.29) is 30.0 Å². The van der Waals surface area contributed by atoms with Crippen molar-refractivity contribution in [3.05, 3.63) is 35.4 Å². The molecule has 0 bridgehead atoms. The number of phenols is 1. The molecule has 1 aliphatic heterocycles. The van der Waals surface area contributed by atoms with E-state index in [1.165, 1.54) is 4.90 Å². The highest BCUT2D eigenvalue weighted by Gasteiger charge is 2.33. The summed E-state index contributed by atoms with van der Waals surface area (Å²) in [7, 11) is 0. The number of carbonyl (C=O) groups excluding carboxylic acids is 3. The average molecular weight is 359 g/mol. The number of likely N-dealkylation sites (tertiary alicyclic amines) is 1. The van der Waals surface area contributed by atoms with Gasteiger partial charge in [-0.2, -0.15) is 0 Å². The van der Waals surface area contributed by atoms with Crippen molar-refractivity contribution in [2.45, 2.75) is 45.4 Å². The van der Waals surface area contributed by atoms with Crippen LogP contribution in [0.2, 0.25) is 0 Å². The third kappa shape index (κ3) is 5.44. The molecule has 1 heterocycles. The van der Waals surface area contributed by atoms with Crippen LogP contribution in [-0.2, 0) is 19.1 Å². The molecule has 1 aromatic rings. The minimum atomic E-state index is -0.287. The number of hydrogen-bond acceptors (Lipinski definition) is 5. The summed E-state index contributed by atoms with van der Waals surface area (Å²) in [5.41, 5.74) is 0.934. The number of hydrogen-bond donors (Lipinski definition) is 1. The third-order valence-corrected chi connectivity index (χ3v) is 4.25. The van der Waals surface area contributed by atoms with Gasteiger partial charge >= 0.3 is 5.97 Å². The molecule has 0 unspecified atom stereocenters. The lowest BCUT2D eigenvalue weighted by atomic mass is 10.1. The minimum Gasteiger partial charge on any atom is -0.507 e. The van der Waals surface area contributed by atoms with E-state index in [2.05, 4.69) is 0 Å². The molecule has 0 saturated carbocycles. The Balaban J connectivity index is 1.79. The van der Waals surface area contributed by atoms with Crippen LogP contribution in [-0.4, -0.2) is 40.9 Å². The van der Waals surface area contributed by atoms with Crippen molar-refractivity contribution in [1.82, 2.24) is 4.90 Å². The molecule has 2 rings (SSSR count). The molecule has 0 spiro atoms. The van der Waals surface area contributed by atoms with Crippen LogP contribution in [0.5, 0.6) is 5.75 Å². The molecule has 1 aromatic carbocycles. The summed E-state index contributed by atoms with van der Waals surface area (Å²) in [6, 6.07) is 6.71. The predicted molar refractivity (Wildman–Crippen MR) is 97.1 cm³/mol. The molecule has 2 amide bonds. The number of phenolic OH excluding ortho intramolecular Hbond substituents is 1. The monoisotopic (exact) mass is 359 g/mol. The first-order valence-electron chi connectivity index (χ1n) is 9.01. The molecule has 6 nitrogen and oxygen atoms in total. The van der Waals surface area contributed by atoms with Gasteiger partial charge in [0.25, 0.3) is 5.91 Å². The van der Waals surface area contributed by atoms with Crippen LogP contribution in [0.15, 0.2) is 29.8 Å². The van der Waals surface area contributed by atoms with Gasteiger partial charge in [0, 0.05) is 24.1 Å². The van der Waals surface area contributed by atoms with Gasteiger partial charge in [0.05, 0.1) is 13.0 Å². The van der Waals surface area contributed by atoms with Gasteiger partial charge in [-0.15, -0.1) is 0 Å². The summed E-state index contributed by atoms with van der Waals surface area (Å²) >= 11 is 0. The maximum Gasteiger partial charge on any atom is 0.305 e. The molecule has 1 saturated heterocycles. The maximum atomic E-state index is 12.4. The number of carbonyl (C=O) groups is 3. The first kappa shape index (κ1) is 19.7. The van der Waals surface area contributed by atoms with Gasteiger partial charge in [-0.25, -0.2) is 0 Å². The number of amides is 2. The van der Waals surface area contributed by atoms with Crippen LogP contribution in [0.4, 0.5) is 0 Å². The van der Waals surface area contributed by atoms with Gasteiger partial charge in [-0.3, -0.25) is 19.3 Å². The molecule has 1 N–H and O–H groups in total. The molecule has 6 heteroatoms. The van der Waals surface area contributed by atoms with E-state index in [0.29, 0.717) is 37.1 Å². The highest BCUT2D eigenvalue weighted by atomic mass is 16.5. The number of para-hydroxylation sites is 1. The number of rotatable bonds is 9. The Morgan fingerprint density at radius 2 is 1.92 bits per heavy atom. The summed E-state index contributed by atoms with van der Waals surface area (Å²) in [6.45, 7) is 2.56. The number of nitrogens with zero attached hydrogens (tertiary/aromatic N) is 1. The Kier molecular flexibility index (Phi) is 7.38. The lowest BCUT2D eigenvalue weighted by molar-refractivity contribution is -0.143. The second-order valence-corrected chi connectivity index (χ2v) is 6.22. The van der Waals surface area contributed by atoms with Crippen molar-refractivity contribution in [3.63, 3.8) is 0 Å². The fraction of sp³-hybridized carbons (Fsp3) is 0.450. The zero-order valence-corrected chi connectivity index (χ0v) is 15.1. The molecule has 0 aromatic heterocycles. The fourth-order valence-corrected chi connectivity index (χ4v) is 2.88. The van der Waals surface area contributed by atoms with E-state index in [1.807, 2.05) is 0 Å². The molecular weight excluding hydrogens is 334 g/mol. The first-order chi connectivity index (χ1) is 12.5. The molecule has 0 radical (unpaired) electrons. The highest BCUT2D eigenvalue weighted by molar-refractivity contribution is 6.15. The van der Waals surface area contributed by atoms with Crippen molar-refractivity contribution < 1.29 is 24.2 Å². The summed E-state index contributed by atoms with van der Waals surface area (Å²) < 4.78 is 4.87. The van der Waals surface area contributed by atoms with E-state index in [9.17, 15) is 19.5 Å². The fourth-order valence-electron chi connectivity index (χ4n) is 2.88. The SMILES string of the molecule is CCOC(=O)CCCCCCN1C(=O)CC(=Cc2ccccc2O)C1=O. The predicted octanol–water partition coefficient (Wildman–Crippen LogP) is 3.05. The van der Waals surface area contributed by atoms with E-state index in [1.54, 1.807) is 37.3 Å². The van der Waals surface area contributed by atoms with Crippen molar-refractivity contribution in [2.24, 2.45) is 0 Å². The van der Waals surface area contributed by atoms with Crippen LogP contribution < -0.4 is 0 Å². The van der Waals surface area contributed by atoms with Crippen LogP contribution in [0.25, 0.3) is 6.08 Å². The standard InChI is InChI=1S/C20H25NO5/c1-2-26-19(24)11-5-3-4-8-12-21-18(23)14-16(20(21)25)13-15-9-6-7-10-17(15)22/h6-7,9-10,13,22H,2-5,8,11-12,14H2,1H3. The Hall–Kier alpha value is -2.63. The number of esters is 1. The Morgan fingerprint density at radius 1 is 1.19 bits per heavy atom. The van der Waals surface area contributed by atoms with Crippen molar-refractivity contribution in [2.75, 3.05) is 13.2 Å². The Morgan fingerprint density at radius 3 is 2.65 bits per heavy atom. The van der Waals surface area contributed by atoms with Crippen LogP contribution in [0, 0.1) is 0 Å². The summed E-state index contributed by atoms with van der Waals surface area (Å²) in [5.74, 6) is -0.593. The van der Waals surface area contributed by atoms with Gasteiger partial charge in [0.1, 0.15) is 5.75 Å². The van der Waals surface area contributed by atoms with Crippen molar-refractivity contribution >= 4 is 23.9 Å². The summed E-state index contributed by atoms with van der Waals surface area (Å²) in [6.07, 6.45) is 5.21. The minimum absolute atomic E-state index is 0.0655. The number of imide groups is 1. The molecule has 26 heavy (non-hydrogen) atoms. The number of benzene rings is 1. The van der Waals surface area contributed by atoms with Crippen LogP contribution in [0.3, 0.4) is 0 Å². The summed E-state index contributed by atoms with van der Waals surface area (Å²) in [5, 5.41) is 9.80. The second kappa shape index (κ2) is 9.75. The van der Waals surface area contributed by atoms with Gasteiger partial charge in [0.15, 0.2) is 0 Å². The summed E-state index contributed by atoms with van der Waals surface area (Å²) in [4.78, 5) is 37.0. The Labute approximate surface area is 153 Å². The molecule has 0 aliphatic carbocycles. The van der Waals surface area contributed by atoms with Gasteiger partial charge < -0.3 is 9.84 Å². The van der Waals surface area contributed by atoms with Gasteiger partial charge in [-0.05, 0) is 31.9 Å². The maximum absolute atomic E-state index is 12.4. The van der Waals surface area contributed by atoms with E-state index in [0.717, 1.165) is 19.3 Å². The van der Waals surface area contributed by atoms with Crippen LogP contribution >= 0.6 is 0 Å². The van der Waals surface area contributed by atoms with Gasteiger partial charge in [-0.1, -0.05) is 31.0 Å². The third-order valence-electron chi connectivity index (χ3n) is 4.25. The second-order valence-electron chi connectivity index (χ2n) is 6.22. The average Bonchev–Trinajstić information content (AvgIpc) is 2.87. The number of aromatic hydroxyl groups is 1. The zero-order valence-electron chi connectivity index (χ0n) is 15.1. The normalized spacial score (nSPS) is 15.7. The molecular formula is C20H25NO5. The Bertz CT molecular complexity index is 695. The van der Waals surface area contributed by atoms with E-state index < -0.39 is 0 Å². The first-order valence-corrected chi connectivity index (χ1v) is 9.01. The van der Waals surface area contributed by atoms with Crippen LogP contribution in [0.1, 0.15) is 51.0 Å². The molecule has 1 aliphatic rings. The lowest BCUT2D eigenvalue weighted by Gasteiger charge is -2.13. The van der Waals surface area contributed by atoms with E-state index in [4.69, 9.17) is 4.74 Å². The van der Waals surface area contributed by atoms with E-state index >= 15 is 0 Å². The lowest BCUT2D eigenvalue weighted by Crippen LogP contribution is -2.30. The number of unbranched alkanes of at least 4 members (excludes halogenated alkanes) is 3. The zero-order chi connectivity index (χ0) is 18.9. The smallest absolute Gasteiger partial charge is 0.305 e. The molecule has 1 fully saturated rings. The molecule has 0 atom stereocenters. The van der Waals surface area contributed by atoms with Crippen molar-refractivity contribution in [3.8, 4) is 5.75 Å². The highest BCUT2D eigenvalue weighted by Crippen LogP contribution is 2.25. The topological polar surface area (TPSA) is 83.9 Å². The quantitative estimate of drug-likeness (QED) is 0.317. The van der Waals surface area contributed by atoms with Gasteiger partial charge in [0.2, 0.25) is 5.91 Å². The van der Waals surface area contributed by atoms with Crippen molar-refractivity contribution in [1.29, 1.82) is 0 Å².